The molecular weight excluding hydrogens is 293 g/mol. The lowest BCUT2D eigenvalue weighted by Crippen LogP contribution is -2.41. The Labute approximate surface area is 138 Å². The average molecular weight is 321 g/mol. The van der Waals surface area contributed by atoms with Gasteiger partial charge in [0.1, 0.15) is 5.82 Å². The van der Waals surface area contributed by atoms with Gasteiger partial charge in [-0.3, -0.25) is 9.69 Å². The maximum Gasteiger partial charge on any atom is 0.234 e. The molecule has 2 rings (SSSR count). The monoisotopic (exact) mass is 321 g/mol. The van der Waals surface area contributed by atoms with Crippen LogP contribution in [-0.4, -0.2) is 44.0 Å². The highest BCUT2D eigenvalue weighted by molar-refractivity contribution is 5.78. The van der Waals surface area contributed by atoms with Crippen LogP contribution in [0.1, 0.15) is 30.4 Å². The Morgan fingerprint density at radius 2 is 2.09 bits per heavy atom. The summed E-state index contributed by atoms with van der Waals surface area (Å²) in [4.78, 5) is 14.2. The van der Waals surface area contributed by atoms with Crippen LogP contribution in [0.25, 0.3) is 0 Å². The van der Waals surface area contributed by atoms with E-state index >= 15 is 0 Å². The van der Waals surface area contributed by atoms with Gasteiger partial charge in [0.25, 0.3) is 0 Å². The first-order chi connectivity index (χ1) is 11.1. The molecule has 5 heteroatoms. The molecule has 1 amide bonds. The number of hydrogen-bond acceptors (Lipinski definition) is 3. The number of carbonyl (C=O) groups excluding carboxylic acids is 1. The molecule has 128 valence electrons. The van der Waals surface area contributed by atoms with Gasteiger partial charge in [-0.25, -0.2) is 4.39 Å². The first-order valence-electron chi connectivity index (χ1n) is 8.47. The van der Waals surface area contributed by atoms with Crippen LogP contribution in [0.5, 0.6) is 0 Å². The first-order valence-corrected chi connectivity index (χ1v) is 8.47. The van der Waals surface area contributed by atoms with E-state index in [0.29, 0.717) is 18.7 Å². The van der Waals surface area contributed by atoms with Gasteiger partial charge >= 0.3 is 0 Å². The number of halogens is 1. The van der Waals surface area contributed by atoms with Crippen LogP contribution >= 0.6 is 0 Å². The third kappa shape index (κ3) is 5.92. The summed E-state index contributed by atoms with van der Waals surface area (Å²) >= 11 is 0. The molecule has 0 unspecified atom stereocenters. The summed E-state index contributed by atoms with van der Waals surface area (Å²) in [5.74, 6) is 0.567. The van der Waals surface area contributed by atoms with Gasteiger partial charge in [0.2, 0.25) is 5.91 Å². The van der Waals surface area contributed by atoms with E-state index < -0.39 is 0 Å². The number of rotatable bonds is 7. The van der Waals surface area contributed by atoms with Crippen molar-refractivity contribution < 1.29 is 9.18 Å². The van der Waals surface area contributed by atoms with Gasteiger partial charge in [-0.2, -0.15) is 0 Å². The predicted octanol–water partition coefficient (Wildman–Crippen LogP) is 2.07. The fourth-order valence-electron chi connectivity index (χ4n) is 2.99. The summed E-state index contributed by atoms with van der Waals surface area (Å²) < 4.78 is 13.5. The molecule has 1 aliphatic heterocycles. The van der Waals surface area contributed by atoms with Crippen molar-refractivity contribution in [2.45, 2.75) is 32.7 Å². The van der Waals surface area contributed by atoms with E-state index in [9.17, 15) is 9.18 Å². The Bertz CT molecular complexity index is 513. The van der Waals surface area contributed by atoms with Gasteiger partial charge < -0.3 is 10.6 Å². The minimum absolute atomic E-state index is 0.0136. The van der Waals surface area contributed by atoms with Crippen LogP contribution in [0, 0.1) is 18.7 Å². The molecule has 1 fully saturated rings. The molecular formula is C18H28FN3O. The highest BCUT2D eigenvalue weighted by Crippen LogP contribution is 2.19. The number of likely N-dealkylation sites (tertiary alicyclic amines) is 1. The van der Waals surface area contributed by atoms with E-state index in [1.54, 1.807) is 13.0 Å². The third-order valence-electron chi connectivity index (χ3n) is 4.60. The van der Waals surface area contributed by atoms with Gasteiger partial charge in [0.15, 0.2) is 0 Å². The molecule has 1 saturated heterocycles. The maximum atomic E-state index is 13.5. The quantitative estimate of drug-likeness (QED) is 0.808. The van der Waals surface area contributed by atoms with E-state index in [0.717, 1.165) is 44.0 Å². The fourth-order valence-corrected chi connectivity index (χ4v) is 2.99. The second-order valence-electron chi connectivity index (χ2n) is 6.47. The fraction of sp³-hybridized carbons (Fsp3) is 0.611. The molecule has 0 spiro atoms. The molecule has 2 N–H and O–H groups in total. The Morgan fingerprint density at radius 3 is 2.74 bits per heavy atom. The van der Waals surface area contributed by atoms with E-state index in [1.165, 1.54) is 12.5 Å². The molecule has 1 heterocycles. The Morgan fingerprint density at radius 1 is 1.35 bits per heavy atom. The summed E-state index contributed by atoms with van der Waals surface area (Å²) in [6, 6.07) is 5.08. The third-order valence-corrected chi connectivity index (χ3v) is 4.60. The second kappa shape index (κ2) is 8.99. The SMILES string of the molecule is CNCCC1CCN(CC(=O)NCc2ccc(C)c(F)c2)CC1. The van der Waals surface area contributed by atoms with Gasteiger partial charge in [-0.15, -0.1) is 0 Å². The molecule has 1 aromatic rings. The molecule has 0 radical (unpaired) electrons. The zero-order valence-corrected chi connectivity index (χ0v) is 14.2. The van der Waals surface area contributed by atoms with E-state index in [1.807, 2.05) is 13.1 Å². The van der Waals surface area contributed by atoms with Crippen molar-refractivity contribution in [2.24, 2.45) is 5.92 Å². The Kier molecular flexibility index (Phi) is 6.99. The van der Waals surface area contributed by atoms with Crippen LogP contribution in [0.3, 0.4) is 0 Å². The molecule has 0 aromatic heterocycles. The number of amides is 1. The molecule has 1 aliphatic rings. The molecule has 0 saturated carbocycles. The standard InChI is InChI=1S/C18H28FN3O/c1-14-3-4-16(11-17(14)19)12-21-18(23)13-22-9-6-15(7-10-22)5-8-20-2/h3-4,11,15,20H,5-10,12-13H2,1-2H3,(H,21,23). The summed E-state index contributed by atoms with van der Waals surface area (Å²) in [5, 5.41) is 6.07. The van der Waals surface area contributed by atoms with Crippen LogP contribution < -0.4 is 10.6 Å². The van der Waals surface area contributed by atoms with Crippen molar-refractivity contribution in [3.05, 3.63) is 35.1 Å². The largest absolute Gasteiger partial charge is 0.351 e. The Hall–Kier alpha value is -1.46. The lowest BCUT2D eigenvalue weighted by Gasteiger charge is -2.31. The van der Waals surface area contributed by atoms with Gasteiger partial charge in [0.05, 0.1) is 6.54 Å². The molecule has 0 atom stereocenters. The van der Waals surface area contributed by atoms with Crippen molar-refractivity contribution in [2.75, 3.05) is 33.2 Å². The number of carbonyl (C=O) groups is 1. The van der Waals surface area contributed by atoms with Crippen LogP contribution in [0.4, 0.5) is 4.39 Å². The molecule has 4 nitrogen and oxygen atoms in total. The van der Waals surface area contributed by atoms with Crippen LogP contribution in [0.15, 0.2) is 18.2 Å². The van der Waals surface area contributed by atoms with Gasteiger partial charge in [-0.05, 0) is 76.0 Å². The number of hydrogen-bond donors (Lipinski definition) is 2. The van der Waals surface area contributed by atoms with E-state index in [-0.39, 0.29) is 11.7 Å². The summed E-state index contributed by atoms with van der Waals surface area (Å²) in [6.07, 6.45) is 3.55. The average Bonchev–Trinajstić information content (AvgIpc) is 2.55. The van der Waals surface area contributed by atoms with Gasteiger partial charge in [0, 0.05) is 6.54 Å². The molecule has 0 bridgehead atoms. The first kappa shape index (κ1) is 17.9. The van der Waals surface area contributed by atoms with E-state index in [4.69, 9.17) is 0 Å². The summed E-state index contributed by atoms with van der Waals surface area (Å²) in [6.45, 7) is 5.60. The molecule has 23 heavy (non-hydrogen) atoms. The topological polar surface area (TPSA) is 44.4 Å². The number of nitrogens with one attached hydrogen (secondary N) is 2. The smallest absolute Gasteiger partial charge is 0.234 e. The molecule has 0 aliphatic carbocycles. The maximum absolute atomic E-state index is 13.5. The van der Waals surface area contributed by atoms with Crippen molar-refractivity contribution in [1.29, 1.82) is 0 Å². The number of benzene rings is 1. The van der Waals surface area contributed by atoms with E-state index in [2.05, 4.69) is 15.5 Å². The lowest BCUT2D eigenvalue weighted by atomic mass is 9.93. The number of piperidine rings is 1. The van der Waals surface area contributed by atoms with Crippen molar-refractivity contribution in [3.63, 3.8) is 0 Å². The zero-order valence-electron chi connectivity index (χ0n) is 14.2. The number of nitrogens with zero attached hydrogens (tertiary/aromatic N) is 1. The number of aryl methyl sites for hydroxylation is 1. The molecule has 1 aromatic carbocycles. The summed E-state index contributed by atoms with van der Waals surface area (Å²) in [7, 11) is 1.99. The lowest BCUT2D eigenvalue weighted by molar-refractivity contribution is -0.122. The summed E-state index contributed by atoms with van der Waals surface area (Å²) in [5.41, 5.74) is 1.42. The highest BCUT2D eigenvalue weighted by Gasteiger charge is 2.20. The Balaban J connectivity index is 1.68. The highest BCUT2D eigenvalue weighted by atomic mass is 19.1. The minimum Gasteiger partial charge on any atom is -0.351 e. The zero-order chi connectivity index (χ0) is 16.7. The van der Waals surface area contributed by atoms with Crippen LogP contribution in [-0.2, 0) is 11.3 Å². The normalized spacial score (nSPS) is 16.5. The second-order valence-corrected chi connectivity index (χ2v) is 6.47. The van der Waals surface area contributed by atoms with Crippen molar-refractivity contribution in [1.82, 2.24) is 15.5 Å². The van der Waals surface area contributed by atoms with Crippen molar-refractivity contribution in [3.8, 4) is 0 Å². The van der Waals surface area contributed by atoms with Crippen LogP contribution in [0.2, 0.25) is 0 Å². The van der Waals surface area contributed by atoms with Gasteiger partial charge in [-0.1, -0.05) is 12.1 Å². The predicted molar refractivity (Wildman–Crippen MR) is 90.7 cm³/mol. The van der Waals surface area contributed by atoms with Crippen molar-refractivity contribution >= 4 is 5.91 Å². The minimum atomic E-state index is -0.222.